The Morgan fingerprint density at radius 2 is 1.86 bits per heavy atom. The van der Waals surface area contributed by atoms with Crippen molar-refractivity contribution in [3.05, 3.63) is 34.2 Å². The number of aromatic amines is 1. The Morgan fingerprint density at radius 1 is 1.08 bits per heavy atom. The zero-order valence-electron chi connectivity index (χ0n) is 21.9. The van der Waals surface area contributed by atoms with Crippen molar-refractivity contribution < 1.29 is 13.2 Å². The number of likely N-dealkylation sites (N-methyl/N-ethyl adjacent to an activating group) is 1. The Labute approximate surface area is 217 Å². The van der Waals surface area contributed by atoms with Gasteiger partial charge in [-0.2, -0.15) is 9.40 Å². The number of aryl methyl sites for hydroxylation is 1. The fraction of sp³-hybridized carbons (Fsp3) is 0.577. The number of hydrogen-bond donors (Lipinski definition) is 1. The molecule has 200 valence electrons. The molecule has 11 heteroatoms. The third kappa shape index (κ3) is 4.92. The van der Waals surface area contributed by atoms with E-state index in [1.807, 2.05) is 14.0 Å². The van der Waals surface area contributed by atoms with Crippen LogP contribution in [0.1, 0.15) is 57.1 Å². The molecule has 0 bridgehead atoms. The van der Waals surface area contributed by atoms with Gasteiger partial charge in [0.1, 0.15) is 17.0 Å². The number of benzene rings is 1. The summed E-state index contributed by atoms with van der Waals surface area (Å²) in [7, 11) is -0.191. The number of fused-ring (bicyclic) bond motifs is 1. The lowest BCUT2D eigenvalue weighted by atomic mass is 9.86. The molecule has 5 rings (SSSR count). The fourth-order valence-electron chi connectivity index (χ4n) is 5.56. The minimum Gasteiger partial charge on any atom is -0.496 e. The minimum atomic E-state index is -3.68. The van der Waals surface area contributed by atoms with Gasteiger partial charge >= 0.3 is 0 Å². The lowest BCUT2D eigenvalue weighted by molar-refractivity contribution is 0.347. The smallest absolute Gasteiger partial charge is 0.262 e. The Balaban J connectivity index is 1.54. The summed E-state index contributed by atoms with van der Waals surface area (Å²) in [6, 6.07) is 4.75. The molecule has 0 spiro atoms. The van der Waals surface area contributed by atoms with Crippen LogP contribution in [0.3, 0.4) is 0 Å². The SMILES string of the molecule is CCn1nc(C2CCCCC2)c2c(=O)[nH]c(-c3ccc(S(=O)(=O)N4CCCN(C)CC4)cc3OC)nc21. The molecular formula is C26H36N6O4S. The van der Waals surface area contributed by atoms with Gasteiger partial charge < -0.3 is 14.6 Å². The molecule has 1 aliphatic heterocycles. The van der Waals surface area contributed by atoms with E-state index in [9.17, 15) is 13.2 Å². The second kappa shape index (κ2) is 10.5. The van der Waals surface area contributed by atoms with E-state index in [0.29, 0.717) is 54.3 Å². The Hall–Kier alpha value is -2.76. The van der Waals surface area contributed by atoms with Gasteiger partial charge in [-0.1, -0.05) is 19.3 Å². The van der Waals surface area contributed by atoms with Crippen LogP contribution < -0.4 is 10.3 Å². The number of nitrogens with one attached hydrogen (secondary N) is 1. The van der Waals surface area contributed by atoms with Crippen LogP contribution in [0.15, 0.2) is 27.9 Å². The second-order valence-corrected chi connectivity index (χ2v) is 12.0. The molecule has 37 heavy (non-hydrogen) atoms. The highest BCUT2D eigenvalue weighted by Crippen LogP contribution is 2.36. The number of rotatable bonds is 6. The lowest BCUT2D eigenvalue weighted by Crippen LogP contribution is -2.34. The van der Waals surface area contributed by atoms with Crippen molar-refractivity contribution in [3.63, 3.8) is 0 Å². The Bertz CT molecular complexity index is 1440. The highest BCUT2D eigenvalue weighted by atomic mass is 32.2. The molecule has 1 aromatic carbocycles. The summed E-state index contributed by atoms with van der Waals surface area (Å²) in [5.41, 5.74) is 1.69. The van der Waals surface area contributed by atoms with Crippen molar-refractivity contribution >= 4 is 21.1 Å². The van der Waals surface area contributed by atoms with Crippen molar-refractivity contribution in [3.8, 4) is 17.1 Å². The van der Waals surface area contributed by atoms with E-state index in [0.717, 1.165) is 44.3 Å². The molecule has 0 radical (unpaired) electrons. The summed E-state index contributed by atoms with van der Waals surface area (Å²) in [6.45, 7) is 5.06. The van der Waals surface area contributed by atoms with Crippen molar-refractivity contribution in [2.24, 2.45) is 0 Å². The van der Waals surface area contributed by atoms with Crippen molar-refractivity contribution in [2.45, 2.75) is 62.8 Å². The molecule has 2 fully saturated rings. The van der Waals surface area contributed by atoms with Crippen LogP contribution in [0.5, 0.6) is 5.75 Å². The lowest BCUT2D eigenvalue weighted by Gasteiger charge is -2.21. The van der Waals surface area contributed by atoms with Gasteiger partial charge in [-0.25, -0.2) is 18.1 Å². The predicted octanol–water partition coefficient (Wildman–Crippen LogP) is 3.19. The maximum Gasteiger partial charge on any atom is 0.262 e. The van der Waals surface area contributed by atoms with E-state index in [1.54, 1.807) is 16.8 Å². The quantitative estimate of drug-likeness (QED) is 0.523. The van der Waals surface area contributed by atoms with Gasteiger partial charge in [-0.15, -0.1) is 0 Å². The average Bonchev–Trinajstić information content (AvgIpc) is 3.15. The molecule has 3 aromatic rings. The van der Waals surface area contributed by atoms with Gasteiger partial charge in [0.15, 0.2) is 5.65 Å². The molecule has 0 amide bonds. The number of aromatic nitrogens is 4. The minimum absolute atomic E-state index is 0.166. The van der Waals surface area contributed by atoms with E-state index in [4.69, 9.17) is 14.8 Å². The summed E-state index contributed by atoms with van der Waals surface area (Å²) in [4.78, 5) is 23.4. The molecule has 1 saturated heterocycles. The number of sulfonamides is 1. The van der Waals surface area contributed by atoms with Crippen molar-refractivity contribution in [2.75, 3.05) is 40.3 Å². The standard InChI is InChI=1S/C26H36N6O4S/c1-4-32-25-22(23(29-32)18-9-6-5-7-10-18)26(33)28-24(27-25)20-12-11-19(17-21(20)36-3)37(34,35)31-14-8-13-30(2)15-16-31/h11-12,17-18H,4-10,13-16H2,1-3H3,(H,27,28,33). The molecule has 2 aromatic heterocycles. The number of H-pyrrole nitrogens is 1. The normalized spacial score (nSPS) is 18.8. The Kier molecular flexibility index (Phi) is 7.37. The molecule has 0 unspecified atom stereocenters. The van der Waals surface area contributed by atoms with Gasteiger partial charge in [0.05, 0.1) is 23.3 Å². The van der Waals surface area contributed by atoms with Crippen molar-refractivity contribution in [1.82, 2.24) is 29.0 Å². The molecule has 2 aliphatic rings. The Morgan fingerprint density at radius 3 is 2.59 bits per heavy atom. The van der Waals surface area contributed by atoms with Gasteiger partial charge in [0.25, 0.3) is 5.56 Å². The third-order valence-corrected chi connectivity index (χ3v) is 9.56. The first kappa shape index (κ1) is 25.9. The summed E-state index contributed by atoms with van der Waals surface area (Å²) >= 11 is 0. The summed E-state index contributed by atoms with van der Waals surface area (Å²) in [5.74, 6) is 0.945. The average molecular weight is 529 g/mol. The van der Waals surface area contributed by atoms with Crippen LogP contribution >= 0.6 is 0 Å². The zero-order valence-corrected chi connectivity index (χ0v) is 22.7. The molecule has 1 N–H and O–H groups in total. The number of ether oxygens (including phenoxy) is 1. The van der Waals surface area contributed by atoms with E-state index < -0.39 is 10.0 Å². The van der Waals surface area contributed by atoms with Crippen LogP contribution in [-0.4, -0.2) is 77.7 Å². The highest BCUT2D eigenvalue weighted by Gasteiger charge is 2.29. The van der Waals surface area contributed by atoms with E-state index in [-0.39, 0.29) is 16.4 Å². The third-order valence-electron chi connectivity index (χ3n) is 7.67. The summed E-state index contributed by atoms with van der Waals surface area (Å²) < 4.78 is 35.7. The molecule has 1 saturated carbocycles. The highest BCUT2D eigenvalue weighted by molar-refractivity contribution is 7.89. The van der Waals surface area contributed by atoms with Crippen LogP contribution in [-0.2, 0) is 16.6 Å². The van der Waals surface area contributed by atoms with Gasteiger partial charge in [-0.3, -0.25) is 4.79 Å². The number of nitrogens with zero attached hydrogens (tertiary/aromatic N) is 5. The van der Waals surface area contributed by atoms with Crippen LogP contribution in [0.25, 0.3) is 22.4 Å². The number of hydrogen-bond acceptors (Lipinski definition) is 7. The van der Waals surface area contributed by atoms with Crippen LogP contribution in [0.4, 0.5) is 0 Å². The van der Waals surface area contributed by atoms with Gasteiger partial charge in [0.2, 0.25) is 10.0 Å². The molecule has 3 heterocycles. The van der Waals surface area contributed by atoms with Gasteiger partial charge in [-0.05, 0) is 51.9 Å². The molecular weight excluding hydrogens is 492 g/mol. The molecule has 10 nitrogen and oxygen atoms in total. The zero-order chi connectivity index (χ0) is 26.2. The summed E-state index contributed by atoms with van der Waals surface area (Å²) in [5, 5.41) is 5.35. The van der Waals surface area contributed by atoms with Crippen molar-refractivity contribution in [1.29, 1.82) is 0 Å². The van der Waals surface area contributed by atoms with Crippen LogP contribution in [0.2, 0.25) is 0 Å². The monoisotopic (exact) mass is 528 g/mol. The fourth-order valence-corrected chi connectivity index (χ4v) is 7.04. The number of methoxy groups -OCH3 is 1. The maximum atomic E-state index is 13.4. The largest absolute Gasteiger partial charge is 0.496 e. The maximum absolute atomic E-state index is 13.4. The topological polar surface area (TPSA) is 113 Å². The predicted molar refractivity (Wildman–Crippen MR) is 143 cm³/mol. The van der Waals surface area contributed by atoms with Crippen LogP contribution in [0, 0.1) is 0 Å². The molecule has 1 aliphatic carbocycles. The van der Waals surface area contributed by atoms with E-state index >= 15 is 0 Å². The summed E-state index contributed by atoms with van der Waals surface area (Å²) in [6.07, 6.45) is 6.37. The van der Waals surface area contributed by atoms with E-state index in [2.05, 4.69) is 9.88 Å². The van der Waals surface area contributed by atoms with Gasteiger partial charge in [0, 0.05) is 38.2 Å². The first-order chi connectivity index (χ1) is 17.8. The first-order valence-corrected chi connectivity index (χ1v) is 14.6. The van der Waals surface area contributed by atoms with E-state index in [1.165, 1.54) is 23.9 Å². The molecule has 0 atom stereocenters. The first-order valence-electron chi connectivity index (χ1n) is 13.2. The second-order valence-electron chi connectivity index (χ2n) is 10.1.